The molecule has 0 atom stereocenters. The molecule has 2 aromatic rings. The molecule has 2 saturated carbocycles. The van der Waals surface area contributed by atoms with E-state index in [2.05, 4.69) is 19.9 Å². The number of anilines is 1. The number of carbonyl (C=O) groups excluding carboxylic acids is 1. The Morgan fingerprint density at radius 1 is 1.16 bits per heavy atom. The summed E-state index contributed by atoms with van der Waals surface area (Å²) >= 11 is 0. The summed E-state index contributed by atoms with van der Waals surface area (Å²) in [6.45, 7) is 2.71. The molecule has 0 aromatic carbocycles. The Hall–Kier alpha value is -2.18. The molecule has 7 heteroatoms. The number of rotatable bonds is 4. The maximum absolute atomic E-state index is 12.4. The normalized spacial score (nSPS) is 22.6. The average Bonchev–Trinajstić information content (AvgIpc) is 2.88. The number of nitrogens with zero attached hydrogens (tertiary/aromatic N) is 5. The zero-order chi connectivity index (χ0) is 17.1. The zero-order valence-corrected chi connectivity index (χ0v) is 14.4. The van der Waals surface area contributed by atoms with Gasteiger partial charge in [-0.2, -0.15) is 0 Å². The van der Waals surface area contributed by atoms with E-state index >= 15 is 0 Å². The lowest BCUT2D eigenvalue weighted by atomic mass is 9.43. The van der Waals surface area contributed by atoms with Crippen LogP contribution in [0.1, 0.15) is 44.9 Å². The quantitative estimate of drug-likeness (QED) is 0.919. The van der Waals surface area contributed by atoms with Crippen molar-refractivity contribution < 1.29 is 4.79 Å². The first kappa shape index (κ1) is 15.1. The van der Waals surface area contributed by atoms with Crippen molar-refractivity contribution in [2.75, 3.05) is 18.8 Å². The van der Waals surface area contributed by atoms with Gasteiger partial charge >= 0.3 is 0 Å². The molecular weight excluding hydrogens is 316 g/mol. The van der Waals surface area contributed by atoms with Crippen LogP contribution in [0.15, 0.2) is 12.7 Å². The molecule has 1 amide bonds. The van der Waals surface area contributed by atoms with E-state index in [4.69, 9.17) is 5.73 Å². The number of nitrogens with two attached hydrogens (primary N) is 1. The Kier molecular flexibility index (Phi) is 3.12. The fraction of sp³-hybridized carbons (Fsp3) is 0.667. The summed E-state index contributed by atoms with van der Waals surface area (Å²) < 4.78 is 1.95. The van der Waals surface area contributed by atoms with E-state index in [-0.39, 0.29) is 0 Å². The maximum atomic E-state index is 12.4. The van der Waals surface area contributed by atoms with Crippen molar-refractivity contribution in [3.05, 3.63) is 12.7 Å². The standard InChI is InChI=1S/C18H24N6O/c19-15-14-16(21-11-20-15)23(12-22-14)6-1-3-13(25)24-9-18(10-24)7-17(8-18)4-2-5-17/h11-12H,1-10H2,(H2,19,20,21). The minimum Gasteiger partial charge on any atom is -0.382 e. The summed E-state index contributed by atoms with van der Waals surface area (Å²) in [6.07, 6.45) is 11.6. The molecule has 2 aliphatic carbocycles. The molecule has 2 N–H and O–H groups in total. The van der Waals surface area contributed by atoms with Crippen molar-refractivity contribution in [1.82, 2.24) is 24.4 Å². The van der Waals surface area contributed by atoms with Crippen LogP contribution in [0.4, 0.5) is 5.82 Å². The summed E-state index contributed by atoms with van der Waals surface area (Å²) in [4.78, 5) is 26.9. The van der Waals surface area contributed by atoms with Gasteiger partial charge in [-0.3, -0.25) is 4.79 Å². The topological polar surface area (TPSA) is 89.9 Å². The van der Waals surface area contributed by atoms with Gasteiger partial charge in [0.1, 0.15) is 11.8 Å². The number of likely N-dealkylation sites (tertiary alicyclic amines) is 1. The molecule has 132 valence electrons. The van der Waals surface area contributed by atoms with E-state index in [0.29, 0.717) is 34.5 Å². The second-order valence-corrected chi connectivity index (χ2v) is 8.43. The summed E-state index contributed by atoms with van der Waals surface area (Å²) in [7, 11) is 0. The Balaban J connectivity index is 1.11. The fourth-order valence-electron chi connectivity index (χ4n) is 5.35. The highest BCUT2D eigenvalue weighted by molar-refractivity contribution is 5.81. The Morgan fingerprint density at radius 3 is 2.68 bits per heavy atom. The van der Waals surface area contributed by atoms with Crippen molar-refractivity contribution >= 4 is 22.9 Å². The molecule has 1 aliphatic heterocycles. The van der Waals surface area contributed by atoms with Crippen LogP contribution >= 0.6 is 0 Å². The number of aryl methyl sites for hydroxylation is 1. The van der Waals surface area contributed by atoms with Gasteiger partial charge in [0.15, 0.2) is 11.5 Å². The third-order valence-electron chi connectivity index (χ3n) is 6.54. The molecule has 2 aromatic heterocycles. The molecule has 0 radical (unpaired) electrons. The monoisotopic (exact) mass is 340 g/mol. The number of carbonyl (C=O) groups is 1. The van der Waals surface area contributed by atoms with Crippen LogP contribution in [0.3, 0.4) is 0 Å². The van der Waals surface area contributed by atoms with Gasteiger partial charge in [0.05, 0.1) is 6.33 Å². The zero-order valence-electron chi connectivity index (χ0n) is 14.4. The highest BCUT2D eigenvalue weighted by Crippen LogP contribution is 2.67. The number of hydrogen-bond acceptors (Lipinski definition) is 5. The van der Waals surface area contributed by atoms with Gasteiger partial charge in [-0.05, 0) is 37.5 Å². The van der Waals surface area contributed by atoms with E-state index < -0.39 is 0 Å². The van der Waals surface area contributed by atoms with Crippen molar-refractivity contribution in [1.29, 1.82) is 0 Å². The molecule has 3 heterocycles. The van der Waals surface area contributed by atoms with Crippen molar-refractivity contribution in [2.24, 2.45) is 10.8 Å². The second-order valence-electron chi connectivity index (χ2n) is 8.43. The third-order valence-corrected chi connectivity index (χ3v) is 6.54. The molecule has 0 unspecified atom stereocenters. The molecule has 7 nitrogen and oxygen atoms in total. The first-order chi connectivity index (χ1) is 12.1. The van der Waals surface area contributed by atoms with Gasteiger partial charge < -0.3 is 15.2 Å². The lowest BCUT2D eigenvalue weighted by Gasteiger charge is -2.67. The van der Waals surface area contributed by atoms with Gasteiger partial charge in [0.2, 0.25) is 5.91 Å². The van der Waals surface area contributed by atoms with E-state index in [0.717, 1.165) is 31.7 Å². The van der Waals surface area contributed by atoms with E-state index in [9.17, 15) is 4.79 Å². The Bertz CT molecular complexity index is 823. The molecule has 5 rings (SSSR count). The summed E-state index contributed by atoms with van der Waals surface area (Å²) in [5, 5.41) is 0. The lowest BCUT2D eigenvalue weighted by molar-refractivity contribution is -0.185. The van der Waals surface area contributed by atoms with Gasteiger partial charge in [0, 0.05) is 31.5 Å². The highest BCUT2D eigenvalue weighted by atomic mass is 16.2. The van der Waals surface area contributed by atoms with Gasteiger partial charge in [-0.1, -0.05) is 6.42 Å². The molecule has 25 heavy (non-hydrogen) atoms. The number of imidazole rings is 1. The van der Waals surface area contributed by atoms with E-state index in [1.165, 1.54) is 38.4 Å². The van der Waals surface area contributed by atoms with Gasteiger partial charge in [-0.15, -0.1) is 0 Å². The molecule has 1 saturated heterocycles. The largest absolute Gasteiger partial charge is 0.382 e. The summed E-state index contributed by atoms with van der Waals surface area (Å²) in [6, 6.07) is 0. The Morgan fingerprint density at radius 2 is 1.96 bits per heavy atom. The Labute approximate surface area is 146 Å². The highest BCUT2D eigenvalue weighted by Gasteiger charge is 2.61. The summed E-state index contributed by atoms with van der Waals surface area (Å²) in [5.74, 6) is 0.689. The number of aromatic nitrogens is 4. The molecule has 3 fully saturated rings. The molecular formula is C18H24N6O. The smallest absolute Gasteiger partial charge is 0.222 e. The number of hydrogen-bond donors (Lipinski definition) is 1. The van der Waals surface area contributed by atoms with E-state index in [1.54, 1.807) is 6.33 Å². The van der Waals surface area contributed by atoms with Gasteiger partial charge in [-0.25, -0.2) is 15.0 Å². The fourth-order valence-corrected chi connectivity index (χ4v) is 5.35. The average molecular weight is 340 g/mol. The minimum atomic E-state index is 0.291. The predicted molar refractivity (Wildman–Crippen MR) is 93.5 cm³/mol. The number of fused-ring (bicyclic) bond motifs is 1. The van der Waals surface area contributed by atoms with Crippen LogP contribution in [-0.2, 0) is 11.3 Å². The van der Waals surface area contributed by atoms with Crippen molar-refractivity contribution in [3.8, 4) is 0 Å². The van der Waals surface area contributed by atoms with Crippen LogP contribution in [0.25, 0.3) is 11.2 Å². The first-order valence-corrected chi connectivity index (χ1v) is 9.27. The van der Waals surface area contributed by atoms with Crippen molar-refractivity contribution in [3.63, 3.8) is 0 Å². The SMILES string of the molecule is Nc1ncnc2c1ncn2CCCC(=O)N1CC2(C1)CC1(CCC1)C2. The van der Waals surface area contributed by atoms with Crippen LogP contribution in [0.2, 0.25) is 0 Å². The number of amides is 1. The first-order valence-electron chi connectivity index (χ1n) is 9.27. The minimum absolute atomic E-state index is 0.291. The second kappa shape index (κ2) is 5.16. The van der Waals surface area contributed by atoms with Crippen LogP contribution in [-0.4, -0.2) is 43.4 Å². The van der Waals surface area contributed by atoms with Crippen LogP contribution < -0.4 is 5.73 Å². The summed E-state index contributed by atoms with van der Waals surface area (Å²) in [5.41, 5.74) is 8.36. The molecule has 0 bridgehead atoms. The maximum Gasteiger partial charge on any atom is 0.222 e. The number of nitrogen functional groups attached to an aromatic ring is 1. The van der Waals surface area contributed by atoms with Crippen LogP contribution in [0.5, 0.6) is 0 Å². The lowest BCUT2D eigenvalue weighted by Crippen LogP contribution is -2.67. The third kappa shape index (κ3) is 2.32. The predicted octanol–water partition coefficient (Wildman–Crippen LogP) is 1.98. The molecule has 3 aliphatic rings. The van der Waals surface area contributed by atoms with Crippen molar-refractivity contribution in [2.45, 2.75) is 51.5 Å². The van der Waals surface area contributed by atoms with Crippen LogP contribution in [0, 0.1) is 10.8 Å². The van der Waals surface area contributed by atoms with Gasteiger partial charge in [0.25, 0.3) is 0 Å². The molecule has 2 spiro atoms. The van der Waals surface area contributed by atoms with E-state index in [1.807, 2.05) is 4.57 Å².